The number of rotatable bonds is 4. The van der Waals surface area contributed by atoms with Gasteiger partial charge in [0.1, 0.15) is 11.5 Å². The molecule has 0 bridgehead atoms. The van der Waals surface area contributed by atoms with E-state index < -0.39 is 0 Å². The summed E-state index contributed by atoms with van der Waals surface area (Å²) in [7, 11) is 0. The minimum absolute atomic E-state index is 0.0737. The second-order valence-corrected chi connectivity index (χ2v) is 6.56. The molecule has 4 heteroatoms. The third-order valence-corrected chi connectivity index (χ3v) is 3.17. The van der Waals surface area contributed by atoms with Crippen molar-refractivity contribution in [1.29, 1.82) is 0 Å². The van der Waals surface area contributed by atoms with Crippen LogP contribution in [0.5, 0.6) is 11.5 Å². The van der Waals surface area contributed by atoms with Crippen LogP contribution >= 0.6 is 15.9 Å². The van der Waals surface area contributed by atoms with Crippen molar-refractivity contribution >= 4 is 15.9 Å². The van der Waals surface area contributed by atoms with Crippen LogP contribution in [0.2, 0.25) is 0 Å². The number of benzene rings is 1. The smallest absolute Gasteiger partial charge is 0.130 e. The fourth-order valence-electron chi connectivity index (χ4n) is 1.61. The first-order valence-electron chi connectivity index (χ1n) is 6.56. The van der Waals surface area contributed by atoms with Gasteiger partial charge >= 0.3 is 0 Å². The predicted molar refractivity (Wildman–Crippen MR) is 85.0 cm³/mol. The highest BCUT2D eigenvalue weighted by Crippen LogP contribution is 2.23. The lowest BCUT2D eigenvalue weighted by Gasteiger charge is -2.20. The number of hydrogen-bond donors (Lipinski definition) is 1. The van der Waals surface area contributed by atoms with Crippen LogP contribution in [0.3, 0.4) is 0 Å². The maximum absolute atomic E-state index is 5.82. The molecular formula is C16H19BrN2O. The zero-order valence-electron chi connectivity index (χ0n) is 12.0. The molecule has 0 spiro atoms. The largest absolute Gasteiger partial charge is 0.457 e. The Morgan fingerprint density at radius 1 is 1.10 bits per heavy atom. The maximum atomic E-state index is 5.82. The van der Waals surface area contributed by atoms with Gasteiger partial charge in [-0.3, -0.25) is 4.98 Å². The summed E-state index contributed by atoms with van der Waals surface area (Å²) < 4.78 is 6.85. The van der Waals surface area contributed by atoms with Crippen LogP contribution in [0.15, 0.2) is 47.1 Å². The Morgan fingerprint density at radius 2 is 1.80 bits per heavy atom. The van der Waals surface area contributed by atoms with Crippen molar-refractivity contribution in [2.45, 2.75) is 32.9 Å². The lowest BCUT2D eigenvalue weighted by molar-refractivity contribution is 0.419. The van der Waals surface area contributed by atoms with Gasteiger partial charge in [-0.15, -0.1) is 0 Å². The average Bonchev–Trinajstić information content (AvgIpc) is 2.39. The van der Waals surface area contributed by atoms with Crippen LogP contribution in [0.1, 0.15) is 26.5 Å². The van der Waals surface area contributed by atoms with E-state index in [9.17, 15) is 0 Å². The van der Waals surface area contributed by atoms with Gasteiger partial charge in [-0.2, -0.15) is 0 Å². The van der Waals surface area contributed by atoms with Crippen molar-refractivity contribution in [1.82, 2.24) is 10.3 Å². The highest BCUT2D eigenvalue weighted by molar-refractivity contribution is 9.10. The summed E-state index contributed by atoms with van der Waals surface area (Å²) in [5.74, 6) is 1.61. The monoisotopic (exact) mass is 334 g/mol. The molecule has 0 aliphatic carbocycles. The predicted octanol–water partition coefficient (Wildman–Crippen LogP) is 4.52. The molecular weight excluding hydrogens is 316 g/mol. The zero-order chi connectivity index (χ0) is 14.6. The molecule has 3 nitrogen and oxygen atoms in total. The SMILES string of the molecule is CC(C)(C)NCc1cc(Oc2ccc(Br)cc2)ccn1. The second-order valence-electron chi connectivity index (χ2n) is 5.64. The average molecular weight is 335 g/mol. The van der Waals surface area contributed by atoms with Crippen molar-refractivity contribution in [2.75, 3.05) is 0 Å². The molecule has 1 aromatic heterocycles. The molecule has 0 atom stereocenters. The number of ether oxygens (including phenoxy) is 1. The molecule has 0 radical (unpaired) electrons. The summed E-state index contributed by atoms with van der Waals surface area (Å²) in [4.78, 5) is 4.35. The molecule has 0 saturated carbocycles. The fourth-order valence-corrected chi connectivity index (χ4v) is 1.87. The van der Waals surface area contributed by atoms with Crippen LogP contribution in [0, 0.1) is 0 Å². The first kappa shape index (κ1) is 15.0. The number of nitrogens with one attached hydrogen (secondary N) is 1. The van der Waals surface area contributed by atoms with E-state index in [-0.39, 0.29) is 5.54 Å². The first-order valence-corrected chi connectivity index (χ1v) is 7.35. The molecule has 0 unspecified atom stereocenters. The van der Waals surface area contributed by atoms with Crippen molar-refractivity contribution in [3.05, 3.63) is 52.8 Å². The highest BCUT2D eigenvalue weighted by atomic mass is 79.9. The summed E-state index contributed by atoms with van der Waals surface area (Å²) in [6.07, 6.45) is 1.77. The topological polar surface area (TPSA) is 34.1 Å². The second kappa shape index (κ2) is 6.37. The van der Waals surface area contributed by atoms with E-state index in [1.54, 1.807) is 6.20 Å². The molecule has 1 aromatic carbocycles. The van der Waals surface area contributed by atoms with Crippen molar-refractivity contribution in [3.63, 3.8) is 0 Å². The molecule has 0 fully saturated rings. The van der Waals surface area contributed by atoms with Gasteiger partial charge < -0.3 is 10.1 Å². The normalized spacial score (nSPS) is 11.4. The minimum atomic E-state index is 0.0737. The molecule has 0 amide bonds. The molecule has 1 N–H and O–H groups in total. The Bertz CT molecular complexity index is 561. The Morgan fingerprint density at radius 3 is 2.45 bits per heavy atom. The standard InChI is InChI=1S/C16H19BrN2O/c1-16(2,3)19-11-13-10-15(8-9-18-13)20-14-6-4-12(17)5-7-14/h4-10,19H,11H2,1-3H3. The Hall–Kier alpha value is -1.39. The summed E-state index contributed by atoms with van der Waals surface area (Å²) >= 11 is 3.41. The highest BCUT2D eigenvalue weighted by Gasteiger charge is 2.09. The van der Waals surface area contributed by atoms with Crippen LogP contribution < -0.4 is 10.1 Å². The Labute approximate surface area is 128 Å². The number of halogens is 1. The van der Waals surface area contributed by atoms with E-state index in [0.717, 1.165) is 28.2 Å². The van der Waals surface area contributed by atoms with Crippen LogP contribution in [0.25, 0.3) is 0 Å². The van der Waals surface area contributed by atoms with Gasteiger partial charge in [-0.25, -0.2) is 0 Å². The molecule has 2 aromatic rings. The van der Waals surface area contributed by atoms with E-state index >= 15 is 0 Å². The lowest BCUT2D eigenvalue weighted by Crippen LogP contribution is -2.35. The number of hydrogen-bond acceptors (Lipinski definition) is 3. The van der Waals surface area contributed by atoms with Crippen LogP contribution in [-0.4, -0.2) is 10.5 Å². The van der Waals surface area contributed by atoms with Crippen molar-refractivity contribution in [3.8, 4) is 11.5 Å². The number of aromatic nitrogens is 1. The van der Waals surface area contributed by atoms with E-state index in [4.69, 9.17) is 4.74 Å². The van der Waals surface area contributed by atoms with Crippen LogP contribution in [0.4, 0.5) is 0 Å². The van der Waals surface area contributed by atoms with E-state index in [1.807, 2.05) is 36.4 Å². The van der Waals surface area contributed by atoms with Gasteiger partial charge in [0.15, 0.2) is 0 Å². The van der Waals surface area contributed by atoms with Crippen LogP contribution in [-0.2, 0) is 6.54 Å². The minimum Gasteiger partial charge on any atom is -0.457 e. The van der Waals surface area contributed by atoms with Gasteiger partial charge in [0, 0.05) is 28.8 Å². The summed E-state index contributed by atoms with van der Waals surface area (Å²) in [5.41, 5.74) is 1.04. The molecule has 20 heavy (non-hydrogen) atoms. The quantitative estimate of drug-likeness (QED) is 0.892. The first-order chi connectivity index (χ1) is 9.42. The number of nitrogens with zero attached hydrogens (tertiary/aromatic N) is 1. The molecule has 0 saturated heterocycles. The summed E-state index contributed by atoms with van der Waals surface area (Å²) in [6, 6.07) is 11.6. The van der Waals surface area contributed by atoms with E-state index in [0.29, 0.717) is 0 Å². The third kappa shape index (κ3) is 4.94. The summed E-state index contributed by atoms with van der Waals surface area (Å²) in [6.45, 7) is 7.13. The summed E-state index contributed by atoms with van der Waals surface area (Å²) in [5, 5.41) is 3.41. The Kier molecular flexibility index (Phi) is 4.78. The van der Waals surface area contributed by atoms with E-state index in [1.165, 1.54) is 0 Å². The zero-order valence-corrected chi connectivity index (χ0v) is 13.6. The van der Waals surface area contributed by atoms with Gasteiger partial charge in [0.25, 0.3) is 0 Å². The Balaban J connectivity index is 2.04. The van der Waals surface area contributed by atoms with Crippen molar-refractivity contribution in [2.24, 2.45) is 0 Å². The molecule has 0 aliphatic rings. The molecule has 2 rings (SSSR count). The molecule has 1 heterocycles. The number of pyridine rings is 1. The molecule has 106 valence electrons. The maximum Gasteiger partial charge on any atom is 0.130 e. The lowest BCUT2D eigenvalue weighted by atomic mass is 10.1. The van der Waals surface area contributed by atoms with Gasteiger partial charge in [0.2, 0.25) is 0 Å². The van der Waals surface area contributed by atoms with E-state index in [2.05, 4.69) is 47.0 Å². The molecule has 0 aliphatic heterocycles. The van der Waals surface area contributed by atoms with Crippen molar-refractivity contribution < 1.29 is 4.74 Å². The van der Waals surface area contributed by atoms with Gasteiger partial charge in [0.05, 0.1) is 5.69 Å². The fraction of sp³-hybridized carbons (Fsp3) is 0.312. The van der Waals surface area contributed by atoms with Gasteiger partial charge in [-0.1, -0.05) is 15.9 Å². The van der Waals surface area contributed by atoms with Gasteiger partial charge in [-0.05, 0) is 51.1 Å². The third-order valence-electron chi connectivity index (χ3n) is 2.64.